The van der Waals surface area contributed by atoms with E-state index in [1.165, 1.54) is 11.6 Å². The second kappa shape index (κ2) is 9.94. The van der Waals surface area contributed by atoms with Crippen molar-refractivity contribution in [1.82, 2.24) is 14.7 Å². The zero-order chi connectivity index (χ0) is 15.8. The van der Waals surface area contributed by atoms with Crippen molar-refractivity contribution >= 4 is 18.2 Å². The summed E-state index contributed by atoms with van der Waals surface area (Å²) in [5.74, 6) is -0.116. The van der Waals surface area contributed by atoms with Gasteiger partial charge < -0.3 is 15.8 Å². The first-order chi connectivity index (χ1) is 10.7. The molecular formula is C15H22ClN5O2. The molecule has 2 N–H and O–H groups in total. The molecule has 1 aromatic carbocycles. The first kappa shape index (κ1) is 19.1. The molecule has 0 saturated carbocycles. The molecule has 1 aromatic heterocycles. The quantitative estimate of drug-likeness (QED) is 0.555. The summed E-state index contributed by atoms with van der Waals surface area (Å²) in [6.07, 6.45) is 2.59. The van der Waals surface area contributed by atoms with Crippen molar-refractivity contribution in [3.05, 3.63) is 58.3 Å². The van der Waals surface area contributed by atoms with Crippen LogP contribution in [0.15, 0.2) is 42.6 Å². The highest BCUT2D eigenvalue weighted by Gasteiger charge is 2.12. The topological polar surface area (TPSA) is 90.2 Å². The fraction of sp³-hybridized carbons (Fsp3) is 0.400. The maximum Gasteiger partial charge on any atom is 0.389 e. The van der Waals surface area contributed by atoms with Crippen LogP contribution in [0.25, 0.3) is 0 Å². The summed E-state index contributed by atoms with van der Waals surface area (Å²) in [6, 6.07) is 11.7. The molecule has 0 aliphatic heterocycles. The zero-order valence-electron chi connectivity index (χ0n) is 12.9. The van der Waals surface area contributed by atoms with Gasteiger partial charge in [0.2, 0.25) is 0 Å². The van der Waals surface area contributed by atoms with Crippen LogP contribution in [-0.2, 0) is 13.0 Å². The molecule has 0 radical (unpaired) electrons. The van der Waals surface area contributed by atoms with Gasteiger partial charge in [0.1, 0.15) is 0 Å². The second-order valence-corrected chi connectivity index (χ2v) is 5.06. The number of rotatable bonds is 9. The van der Waals surface area contributed by atoms with Crippen molar-refractivity contribution in [3.8, 4) is 0 Å². The minimum Gasteiger partial charge on any atom is -0.358 e. The SMILES string of the molecule is Cl.NCCN(CCc1ccccc1)CCn1ccc([N+](=O)[O-])n1. The molecule has 23 heavy (non-hydrogen) atoms. The molecule has 0 atom stereocenters. The molecule has 2 aromatic rings. The number of benzene rings is 1. The van der Waals surface area contributed by atoms with E-state index in [9.17, 15) is 10.1 Å². The lowest BCUT2D eigenvalue weighted by atomic mass is 10.1. The van der Waals surface area contributed by atoms with Crippen LogP contribution in [0.4, 0.5) is 5.82 Å². The Labute approximate surface area is 141 Å². The number of nitrogens with zero attached hydrogens (tertiary/aromatic N) is 4. The van der Waals surface area contributed by atoms with E-state index in [0.717, 1.165) is 26.1 Å². The Bertz CT molecular complexity index is 591. The number of hydrogen-bond acceptors (Lipinski definition) is 5. The van der Waals surface area contributed by atoms with Gasteiger partial charge in [-0.05, 0) is 16.9 Å². The van der Waals surface area contributed by atoms with Crippen molar-refractivity contribution in [3.63, 3.8) is 0 Å². The van der Waals surface area contributed by atoms with Gasteiger partial charge in [0, 0.05) is 26.2 Å². The normalized spacial score (nSPS) is 10.5. The smallest absolute Gasteiger partial charge is 0.358 e. The molecule has 0 spiro atoms. The molecule has 0 unspecified atom stereocenters. The van der Waals surface area contributed by atoms with Crippen LogP contribution in [0, 0.1) is 10.1 Å². The maximum absolute atomic E-state index is 10.6. The summed E-state index contributed by atoms with van der Waals surface area (Å²) in [4.78, 5) is 12.4. The van der Waals surface area contributed by atoms with Gasteiger partial charge in [-0.2, -0.15) is 4.68 Å². The van der Waals surface area contributed by atoms with Crippen LogP contribution in [0.1, 0.15) is 5.56 Å². The third-order valence-corrected chi connectivity index (χ3v) is 3.46. The zero-order valence-corrected chi connectivity index (χ0v) is 13.7. The minimum absolute atomic E-state index is 0. The number of aromatic nitrogens is 2. The fourth-order valence-corrected chi connectivity index (χ4v) is 2.27. The predicted octanol–water partition coefficient (Wildman–Crippen LogP) is 1.72. The molecule has 0 amide bonds. The Kier molecular flexibility index (Phi) is 8.25. The average Bonchev–Trinajstić information content (AvgIpc) is 3.00. The predicted molar refractivity (Wildman–Crippen MR) is 91.8 cm³/mol. The summed E-state index contributed by atoms with van der Waals surface area (Å²) in [5, 5.41) is 14.5. The van der Waals surface area contributed by atoms with Crippen molar-refractivity contribution in [1.29, 1.82) is 0 Å². The largest absolute Gasteiger partial charge is 0.389 e. The first-order valence-corrected chi connectivity index (χ1v) is 7.33. The first-order valence-electron chi connectivity index (χ1n) is 7.33. The van der Waals surface area contributed by atoms with Crippen molar-refractivity contribution < 1.29 is 4.92 Å². The molecule has 0 bridgehead atoms. The number of halogens is 1. The molecule has 0 fully saturated rings. The van der Waals surface area contributed by atoms with E-state index in [2.05, 4.69) is 22.1 Å². The number of nitrogens with two attached hydrogens (primary N) is 1. The van der Waals surface area contributed by atoms with Crippen LogP contribution in [0.2, 0.25) is 0 Å². The van der Waals surface area contributed by atoms with E-state index in [0.29, 0.717) is 13.1 Å². The Morgan fingerprint density at radius 2 is 1.91 bits per heavy atom. The van der Waals surface area contributed by atoms with Gasteiger partial charge in [0.25, 0.3) is 0 Å². The fourth-order valence-electron chi connectivity index (χ4n) is 2.27. The molecule has 1 heterocycles. The number of nitro groups is 1. The summed E-state index contributed by atoms with van der Waals surface area (Å²) in [5.41, 5.74) is 6.95. The Hall–Kier alpha value is -1.96. The summed E-state index contributed by atoms with van der Waals surface area (Å²) < 4.78 is 1.60. The van der Waals surface area contributed by atoms with Gasteiger partial charge in [0.15, 0.2) is 0 Å². The Morgan fingerprint density at radius 3 is 2.52 bits per heavy atom. The molecule has 126 valence electrons. The lowest BCUT2D eigenvalue weighted by Crippen LogP contribution is -2.34. The van der Waals surface area contributed by atoms with Gasteiger partial charge >= 0.3 is 5.82 Å². The van der Waals surface area contributed by atoms with E-state index in [4.69, 9.17) is 5.73 Å². The molecule has 0 saturated heterocycles. The summed E-state index contributed by atoms with van der Waals surface area (Å²) in [6.45, 7) is 3.68. The van der Waals surface area contributed by atoms with E-state index < -0.39 is 4.92 Å². The van der Waals surface area contributed by atoms with Crippen LogP contribution < -0.4 is 5.73 Å². The van der Waals surface area contributed by atoms with E-state index >= 15 is 0 Å². The van der Waals surface area contributed by atoms with Crippen molar-refractivity contribution in [2.75, 3.05) is 26.2 Å². The maximum atomic E-state index is 10.6. The lowest BCUT2D eigenvalue weighted by molar-refractivity contribution is -0.389. The van der Waals surface area contributed by atoms with Crippen LogP contribution in [0.5, 0.6) is 0 Å². The third-order valence-electron chi connectivity index (χ3n) is 3.46. The molecule has 0 aliphatic carbocycles. The molecule has 0 aliphatic rings. The van der Waals surface area contributed by atoms with E-state index in [1.54, 1.807) is 10.9 Å². The highest BCUT2D eigenvalue weighted by Crippen LogP contribution is 2.06. The second-order valence-electron chi connectivity index (χ2n) is 5.06. The van der Waals surface area contributed by atoms with Crippen LogP contribution in [-0.4, -0.2) is 45.8 Å². The molecule has 8 heteroatoms. The minimum atomic E-state index is -0.483. The van der Waals surface area contributed by atoms with Crippen molar-refractivity contribution in [2.45, 2.75) is 13.0 Å². The summed E-state index contributed by atoms with van der Waals surface area (Å²) >= 11 is 0. The standard InChI is InChI=1S/C15H21N5O2.ClH/c16-8-11-18(9-6-14-4-2-1-3-5-14)12-13-19-10-7-15(17-19)20(21)22;/h1-5,7,10H,6,8-9,11-13,16H2;1H. The molecular weight excluding hydrogens is 318 g/mol. The van der Waals surface area contributed by atoms with Crippen LogP contribution >= 0.6 is 12.4 Å². The Balaban J connectivity index is 0.00000264. The van der Waals surface area contributed by atoms with E-state index in [1.807, 2.05) is 18.2 Å². The van der Waals surface area contributed by atoms with E-state index in [-0.39, 0.29) is 18.2 Å². The van der Waals surface area contributed by atoms with Gasteiger partial charge in [-0.1, -0.05) is 30.3 Å². The highest BCUT2D eigenvalue weighted by molar-refractivity contribution is 5.85. The van der Waals surface area contributed by atoms with Gasteiger partial charge in [-0.25, -0.2) is 0 Å². The summed E-state index contributed by atoms with van der Waals surface area (Å²) in [7, 11) is 0. The highest BCUT2D eigenvalue weighted by atomic mass is 35.5. The lowest BCUT2D eigenvalue weighted by Gasteiger charge is -2.20. The Morgan fingerprint density at radius 1 is 1.17 bits per heavy atom. The molecule has 2 rings (SSSR count). The van der Waals surface area contributed by atoms with Gasteiger partial charge in [-0.15, -0.1) is 12.4 Å². The average molecular weight is 340 g/mol. The monoisotopic (exact) mass is 339 g/mol. The molecule has 7 nitrogen and oxygen atoms in total. The van der Waals surface area contributed by atoms with Crippen LogP contribution in [0.3, 0.4) is 0 Å². The van der Waals surface area contributed by atoms with Gasteiger partial charge in [0.05, 0.1) is 23.9 Å². The number of hydrogen-bond donors (Lipinski definition) is 1. The van der Waals surface area contributed by atoms with Gasteiger partial charge in [-0.3, -0.25) is 4.90 Å². The van der Waals surface area contributed by atoms with Crippen molar-refractivity contribution in [2.24, 2.45) is 5.73 Å². The third kappa shape index (κ3) is 6.35.